The van der Waals surface area contributed by atoms with Crippen LogP contribution in [0.15, 0.2) is 53.8 Å². The molecule has 2 aliphatic heterocycles. The second kappa shape index (κ2) is 11.9. The van der Waals surface area contributed by atoms with Gasteiger partial charge in [-0.3, -0.25) is 9.59 Å². The van der Waals surface area contributed by atoms with E-state index in [0.717, 1.165) is 49.0 Å². The van der Waals surface area contributed by atoms with E-state index in [0.29, 0.717) is 36.7 Å². The number of hydrogen-bond donors (Lipinski definition) is 3. The summed E-state index contributed by atoms with van der Waals surface area (Å²) in [7, 11) is 0. The lowest BCUT2D eigenvalue weighted by atomic mass is 9.87. The maximum atomic E-state index is 13.0. The number of carbonyl (C=O) groups excluding carboxylic acids is 2. The highest BCUT2D eigenvalue weighted by Gasteiger charge is 2.43. The van der Waals surface area contributed by atoms with Gasteiger partial charge < -0.3 is 20.9 Å². The van der Waals surface area contributed by atoms with E-state index in [-0.39, 0.29) is 29.5 Å². The van der Waals surface area contributed by atoms with Gasteiger partial charge >= 0.3 is 6.18 Å². The van der Waals surface area contributed by atoms with Crippen LogP contribution in [-0.2, 0) is 15.8 Å². The lowest BCUT2D eigenvalue weighted by Crippen LogP contribution is -2.42. The van der Waals surface area contributed by atoms with Crippen molar-refractivity contribution in [1.82, 2.24) is 19.9 Å². The molecular formula is C30H34F3N7O2. The maximum Gasteiger partial charge on any atom is 0.416 e. The Morgan fingerprint density at radius 2 is 2.14 bits per heavy atom. The van der Waals surface area contributed by atoms with Crippen LogP contribution in [0.4, 0.5) is 19.0 Å². The molecule has 2 aromatic heterocycles. The third kappa shape index (κ3) is 6.02. The Morgan fingerprint density at radius 1 is 1.33 bits per heavy atom. The number of rotatable bonds is 7. The van der Waals surface area contributed by atoms with Crippen molar-refractivity contribution in [3.8, 4) is 0 Å². The predicted octanol–water partition coefficient (Wildman–Crippen LogP) is 5.17. The fourth-order valence-electron chi connectivity index (χ4n) is 5.97. The number of allylic oxidation sites excluding steroid dienone is 4. The summed E-state index contributed by atoms with van der Waals surface area (Å²) in [5, 5.41) is 2.48. The number of nitrogens with one attached hydrogen (secondary N) is 2. The predicted molar refractivity (Wildman–Crippen MR) is 153 cm³/mol. The molecule has 3 aliphatic rings. The number of amides is 2. The van der Waals surface area contributed by atoms with E-state index >= 15 is 0 Å². The van der Waals surface area contributed by atoms with Crippen molar-refractivity contribution in [2.45, 2.75) is 64.1 Å². The fraction of sp³-hybridized carbons (Fsp3) is 0.433. The summed E-state index contributed by atoms with van der Waals surface area (Å²) in [6.07, 6.45) is 8.82. The standard InChI is InChI=1S/C30H34F3N7O2/c1-3-12-36-27(34)26-25(38-28(39-26)20-9-10-22-17(4-2)14-24(41)40(22)16-20)18-5-7-19(8-6-18)29(42)37-23-15-21(11-13-35-23)30(31,32)33/h3,5-7,11-13,15,17,19-20,22H,4,8-10,14,16H2,1-2H3,(H2,34,36)(H,38,39)(H,35,37,42). The molecule has 0 spiro atoms. The lowest BCUT2D eigenvalue weighted by Gasteiger charge is -2.36. The number of halogens is 3. The van der Waals surface area contributed by atoms with Crippen molar-refractivity contribution in [2.75, 3.05) is 11.9 Å². The number of amidine groups is 1. The minimum Gasteiger partial charge on any atom is -0.382 e. The number of imidazole rings is 1. The zero-order valence-electron chi connectivity index (χ0n) is 23.5. The van der Waals surface area contributed by atoms with Gasteiger partial charge in [0.25, 0.3) is 0 Å². The van der Waals surface area contributed by atoms with Gasteiger partial charge in [-0.15, -0.1) is 0 Å². The molecule has 4 unspecified atom stereocenters. The number of alkyl halides is 3. The molecule has 4 heterocycles. The molecule has 4 N–H and O–H groups in total. The number of nitrogens with two attached hydrogens (primary N) is 1. The van der Waals surface area contributed by atoms with Crippen LogP contribution in [0.25, 0.3) is 5.57 Å². The Kier molecular flexibility index (Phi) is 8.33. The Hall–Kier alpha value is -4.22. The molecule has 0 saturated carbocycles. The molecule has 9 nitrogen and oxygen atoms in total. The second-order valence-electron chi connectivity index (χ2n) is 10.9. The molecule has 42 heavy (non-hydrogen) atoms. The molecule has 2 aromatic rings. The Morgan fingerprint density at radius 3 is 2.83 bits per heavy atom. The largest absolute Gasteiger partial charge is 0.416 e. The van der Waals surface area contributed by atoms with Crippen molar-refractivity contribution >= 4 is 29.0 Å². The van der Waals surface area contributed by atoms with Crippen molar-refractivity contribution < 1.29 is 22.8 Å². The molecule has 5 rings (SSSR count). The first-order chi connectivity index (χ1) is 20.1. The summed E-state index contributed by atoms with van der Waals surface area (Å²) in [5.41, 5.74) is 7.33. The smallest absolute Gasteiger partial charge is 0.382 e. The molecule has 2 amide bonds. The number of fused-ring (bicyclic) bond motifs is 1. The SMILES string of the molecule is CC=CN=C(N)c1[nH]c(C2CCC3C(CC)CC(=O)N3C2)nc1C1=CCC(C(=O)Nc2cc(C(F)(F)F)ccn2)C=C1. The van der Waals surface area contributed by atoms with Gasteiger partial charge in [0.1, 0.15) is 23.2 Å². The number of hydrogen-bond acceptors (Lipinski definition) is 5. The van der Waals surface area contributed by atoms with Crippen LogP contribution in [0.3, 0.4) is 0 Å². The van der Waals surface area contributed by atoms with Crippen LogP contribution >= 0.6 is 0 Å². The van der Waals surface area contributed by atoms with Gasteiger partial charge in [-0.25, -0.2) is 15.0 Å². The van der Waals surface area contributed by atoms with E-state index in [1.807, 2.05) is 17.9 Å². The van der Waals surface area contributed by atoms with Crippen LogP contribution in [0.1, 0.15) is 74.6 Å². The molecule has 0 radical (unpaired) electrons. The maximum absolute atomic E-state index is 13.0. The Labute approximate surface area is 241 Å². The highest BCUT2D eigenvalue weighted by Crippen LogP contribution is 2.40. The van der Waals surface area contributed by atoms with Crippen LogP contribution in [-0.4, -0.2) is 50.1 Å². The third-order valence-corrected chi connectivity index (χ3v) is 8.23. The van der Waals surface area contributed by atoms with Gasteiger partial charge in [0.2, 0.25) is 11.8 Å². The zero-order valence-corrected chi connectivity index (χ0v) is 23.5. The molecule has 4 atom stereocenters. The van der Waals surface area contributed by atoms with Gasteiger partial charge in [0.05, 0.1) is 17.2 Å². The molecule has 222 valence electrons. The van der Waals surface area contributed by atoms with E-state index in [1.165, 1.54) is 0 Å². The minimum atomic E-state index is -4.54. The zero-order chi connectivity index (χ0) is 30.0. The number of aromatic amines is 1. The monoisotopic (exact) mass is 581 g/mol. The molecule has 2 saturated heterocycles. The van der Waals surface area contributed by atoms with Crippen LogP contribution in [0, 0.1) is 11.8 Å². The first kappa shape index (κ1) is 29.3. The first-order valence-electron chi connectivity index (χ1n) is 14.2. The summed E-state index contributed by atoms with van der Waals surface area (Å²) in [6.45, 7) is 4.56. The molecule has 12 heteroatoms. The van der Waals surface area contributed by atoms with E-state index in [2.05, 4.69) is 27.2 Å². The van der Waals surface area contributed by atoms with Gasteiger partial charge in [0.15, 0.2) is 0 Å². The van der Waals surface area contributed by atoms with Crippen molar-refractivity contribution in [3.63, 3.8) is 0 Å². The van der Waals surface area contributed by atoms with Crippen LogP contribution in [0.2, 0.25) is 0 Å². The molecular weight excluding hydrogens is 547 g/mol. The fourth-order valence-corrected chi connectivity index (χ4v) is 5.97. The quantitative estimate of drug-likeness (QED) is 0.307. The number of piperidine rings is 1. The van der Waals surface area contributed by atoms with Gasteiger partial charge in [-0.1, -0.05) is 37.6 Å². The van der Waals surface area contributed by atoms with Crippen molar-refractivity contribution in [3.05, 3.63) is 71.6 Å². The molecule has 0 bridgehead atoms. The minimum absolute atomic E-state index is 0.0227. The number of aromatic nitrogens is 3. The number of H-pyrrole nitrogens is 1. The van der Waals surface area contributed by atoms with Gasteiger partial charge in [-0.05, 0) is 49.8 Å². The second-order valence-corrected chi connectivity index (χ2v) is 10.9. The molecule has 1 aliphatic carbocycles. The summed E-state index contributed by atoms with van der Waals surface area (Å²) in [5.74, 6) is 0.360. The average molecular weight is 582 g/mol. The van der Waals surface area contributed by atoms with Gasteiger partial charge in [0, 0.05) is 37.3 Å². The molecule has 2 fully saturated rings. The summed E-state index contributed by atoms with van der Waals surface area (Å²) in [4.78, 5) is 44.0. The lowest BCUT2D eigenvalue weighted by molar-refractivity contribution is -0.137. The van der Waals surface area contributed by atoms with Gasteiger partial charge in [-0.2, -0.15) is 13.2 Å². The average Bonchev–Trinajstić information content (AvgIpc) is 3.57. The van der Waals surface area contributed by atoms with E-state index in [4.69, 9.17) is 10.7 Å². The number of aliphatic imine (C=N–C) groups is 1. The summed E-state index contributed by atoms with van der Waals surface area (Å²) >= 11 is 0. The summed E-state index contributed by atoms with van der Waals surface area (Å²) in [6, 6.07) is 1.94. The van der Waals surface area contributed by atoms with Crippen molar-refractivity contribution in [1.29, 1.82) is 0 Å². The topological polar surface area (TPSA) is 129 Å². The third-order valence-electron chi connectivity index (χ3n) is 8.23. The first-order valence-corrected chi connectivity index (χ1v) is 14.2. The number of pyridine rings is 1. The number of anilines is 1. The van der Waals surface area contributed by atoms with E-state index < -0.39 is 23.6 Å². The number of nitrogens with zero attached hydrogens (tertiary/aromatic N) is 4. The van der Waals surface area contributed by atoms with Crippen LogP contribution < -0.4 is 11.1 Å². The van der Waals surface area contributed by atoms with Crippen LogP contribution in [0.5, 0.6) is 0 Å². The van der Waals surface area contributed by atoms with E-state index in [9.17, 15) is 22.8 Å². The normalized spacial score (nSPS) is 24.7. The van der Waals surface area contributed by atoms with E-state index in [1.54, 1.807) is 24.4 Å². The highest BCUT2D eigenvalue weighted by atomic mass is 19.4. The number of carbonyl (C=O) groups is 2. The summed E-state index contributed by atoms with van der Waals surface area (Å²) < 4.78 is 39.1. The molecule has 0 aromatic carbocycles. The highest BCUT2D eigenvalue weighted by molar-refractivity contribution is 6.01. The Bertz CT molecular complexity index is 1470. The Balaban J connectivity index is 1.34. The van der Waals surface area contributed by atoms with Crippen molar-refractivity contribution in [2.24, 2.45) is 22.6 Å².